The summed E-state index contributed by atoms with van der Waals surface area (Å²) in [5, 5.41) is 35.5. The minimum Gasteiger partial charge on any atom is -0.507 e. The quantitative estimate of drug-likeness (QED) is 0.0509. The molecule has 0 spiro atoms. The molecular weight excluding hydrogens is 972 g/mol. The first-order valence-electron chi connectivity index (χ1n) is 27.0. The number of nitrogen functional groups attached to an aromatic ring is 1. The number of nitrogens with two attached hydrogens (primary N) is 1. The number of aryl methyl sites for hydroxylation is 2. The average Bonchev–Trinajstić information content (AvgIpc) is 3.68. The van der Waals surface area contributed by atoms with Gasteiger partial charge in [0, 0.05) is 68.7 Å². The zero-order valence-corrected chi connectivity index (χ0v) is 43.9. The number of aromatic nitrogens is 5. The normalized spacial score (nSPS) is 23.3. The number of rotatable bonds is 20. The molecule has 398 valence electrons. The number of phenolic OH excluding ortho intramolecular Hbond substituents is 1. The highest BCUT2D eigenvalue weighted by Crippen LogP contribution is 2.42. The standard InChI is InChI=1S/C56H71FN12O5S/c1-35-50(75-34-62-35)39-15-13-36(14-16-39)28-59-52(72)47-26-43(70)33-68(47)53(73)49(63-54(74)56(57)23-24-56)38-17-19-40(20-18-38)66(2)25-9-5-3-4-6-10-37-29-60-55(61-30-37)69-41-21-22-42(69)32-67(31-41)46-27-45(64-65-51(46)58)44-11-7-8-12-48(44)71/h7-8,11-16,27,29-30,34,38,40-43,47,49,70-71H,3-6,9-10,17-26,28,31-33H2,1-2H3,(H2,58,65)(H,59,72)(H,63,74)/t38?,40?,41?,42?,43-,47+,49?/m1/s1. The van der Waals surface area contributed by atoms with E-state index < -0.39 is 35.7 Å². The molecule has 2 aliphatic carbocycles. The predicted molar refractivity (Wildman–Crippen MR) is 288 cm³/mol. The Bertz CT molecular complexity index is 2780. The number of aliphatic hydroxyl groups is 1. The van der Waals surface area contributed by atoms with E-state index in [0.717, 1.165) is 123 Å². The highest BCUT2D eigenvalue weighted by molar-refractivity contribution is 7.13. The molecule has 3 amide bonds. The molecule has 6 heterocycles. The summed E-state index contributed by atoms with van der Waals surface area (Å²) in [7, 11) is 2.17. The number of halogens is 1. The van der Waals surface area contributed by atoms with E-state index in [4.69, 9.17) is 15.7 Å². The number of nitrogens with one attached hydrogen (secondary N) is 2. The number of hydrogen-bond acceptors (Lipinski definition) is 15. The van der Waals surface area contributed by atoms with Gasteiger partial charge in [0.2, 0.25) is 17.8 Å². The molecule has 3 unspecified atom stereocenters. The van der Waals surface area contributed by atoms with Crippen molar-refractivity contribution in [3.63, 3.8) is 0 Å². The third-order valence-corrected chi connectivity index (χ3v) is 17.5. The van der Waals surface area contributed by atoms with Crippen LogP contribution in [0.15, 0.2) is 72.5 Å². The Hall–Kier alpha value is -6.31. The Labute approximate surface area is 442 Å². The van der Waals surface area contributed by atoms with Crippen molar-refractivity contribution < 1.29 is 29.0 Å². The number of amides is 3. The van der Waals surface area contributed by atoms with Crippen LogP contribution >= 0.6 is 11.3 Å². The molecule has 75 heavy (non-hydrogen) atoms. The van der Waals surface area contributed by atoms with Crippen molar-refractivity contribution >= 4 is 46.5 Å². The van der Waals surface area contributed by atoms with Crippen LogP contribution in [-0.2, 0) is 27.3 Å². The third kappa shape index (κ3) is 11.9. The molecule has 2 saturated carbocycles. The number of anilines is 3. The van der Waals surface area contributed by atoms with Crippen LogP contribution < -0.4 is 26.2 Å². The Morgan fingerprint density at radius 2 is 1.60 bits per heavy atom. The van der Waals surface area contributed by atoms with Crippen LogP contribution in [0.2, 0.25) is 0 Å². The molecule has 3 aliphatic heterocycles. The Balaban J connectivity index is 0.647. The number of fused-ring (bicyclic) bond motifs is 2. The van der Waals surface area contributed by atoms with Crippen LogP contribution in [0.1, 0.15) is 107 Å². The number of piperazine rings is 1. The van der Waals surface area contributed by atoms with Crippen molar-refractivity contribution in [2.75, 3.05) is 48.8 Å². The number of nitrogens with zero attached hydrogens (tertiary/aromatic N) is 9. The molecule has 10 rings (SSSR count). The maximum atomic E-state index is 15.1. The van der Waals surface area contributed by atoms with E-state index in [9.17, 15) is 24.6 Å². The van der Waals surface area contributed by atoms with Gasteiger partial charge in [0.1, 0.15) is 17.8 Å². The first-order chi connectivity index (χ1) is 36.3. The minimum absolute atomic E-state index is 0.0252. The second-order valence-corrected chi connectivity index (χ2v) is 22.5. The second kappa shape index (κ2) is 22.9. The topological polar surface area (TPSA) is 219 Å². The minimum atomic E-state index is -1.95. The number of thiazole rings is 1. The van der Waals surface area contributed by atoms with E-state index in [1.54, 1.807) is 23.5 Å². The predicted octanol–water partition coefficient (Wildman–Crippen LogP) is 6.76. The van der Waals surface area contributed by atoms with Crippen molar-refractivity contribution in [1.29, 1.82) is 0 Å². The monoisotopic (exact) mass is 1040 g/mol. The van der Waals surface area contributed by atoms with Gasteiger partial charge in [-0.25, -0.2) is 19.3 Å². The molecular formula is C56H71FN12O5S. The maximum absolute atomic E-state index is 15.1. The van der Waals surface area contributed by atoms with Crippen molar-refractivity contribution in [2.45, 2.75) is 152 Å². The summed E-state index contributed by atoms with van der Waals surface area (Å²) < 4.78 is 15.1. The zero-order chi connectivity index (χ0) is 52.2. The molecule has 5 atom stereocenters. The number of benzene rings is 2. The summed E-state index contributed by atoms with van der Waals surface area (Å²) in [5.41, 5.74) is 12.3. The number of alkyl halides is 1. The lowest BCUT2D eigenvalue weighted by atomic mass is 9.80. The highest BCUT2D eigenvalue weighted by atomic mass is 32.1. The van der Waals surface area contributed by atoms with Crippen LogP contribution in [0.5, 0.6) is 5.75 Å². The Morgan fingerprint density at radius 3 is 2.29 bits per heavy atom. The van der Waals surface area contributed by atoms with E-state index in [1.807, 2.05) is 67.3 Å². The van der Waals surface area contributed by atoms with Crippen molar-refractivity contribution in [3.8, 4) is 27.4 Å². The fourth-order valence-electron chi connectivity index (χ4n) is 11.9. The summed E-state index contributed by atoms with van der Waals surface area (Å²) >= 11 is 1.58. The van der Waals surface area contributed by atoms with Crippen LogP contribution in [0.4, 0.5) is 21.8 Å². The number of likely N-dealkylation sites (tertiary alicyclic amines) is 1. The molecule has 5 aromatic rings. The summed E-state index contributed by atoms with van der Waals surface area (Å²) in [4.78, 5) is 64.9. The first-order valence-corrected chi connectivity index (χ1v) is 27.9. The molecule has 2 aromatic carbocycles. The van der Waals surface area contributed by atoms with E-state index >= 15 is 4.39 Å². The van der Waals surface area contributed by atoms with E-state index in [0.29, 0.717) is 36.0 Å². The molecule has 3 aromatic heterocycles. The average molecular weight is 1040 g/mol. The smallest absolute Gasteiger partial charge is 0.258 e. The fourth-order valence-corrected chi connectivity index (χ4v) is 12.7. The Kier molecular flexibility index (Phi) is 15.9. The number of unbranched alkanes of at least 4 members (excludes halogenated alkanes) is 4. The van der Waals surface area contributed by atoms with Gasteiger partial charge in [0.05, 0.1) is 33.6 Å². The number of aromatic hydroxyl groups is 1. The number of para-hydroxylation sites is 1. The summed E-state index contributed by atoms with van der Waals surface area (Å²) in [6, 6.07) is 15.9. The number of β-amino-alcohol motifs (C(OH)–C–C–N with tert-alkyl or cyclic N) is 1. The number of carbonyl (C=O) groups is 3. The molecule has 5 fully saturated rings. The van der Waals surface area contributed by atoms with Gasteiger partial charge in [-0.15, -0.1) is 21.5 Å². The largest absolute Gasteiger partial charge is 0.507 e. The molecule has 3 saturated heterocycles. The molecule has 2 bridgehead atoms. The summed E-state index contributed by atoms with van der Waals surface area (Å²) in [6.07, 6.45) is 15.1. The van der Waals surface area contributed by atoms with Crippen molar-refractivity contribution in [1.82, 2.24) is 45.6 Å². The second-order valence-electron chi connectivity index (χ2n) is 21.7. The van der Waals surface area contributed by atoms with E-state index in [1.165, 1.54) is 4.90 Å². The van der Waals surface area contributed by atoms with Crippen molar-refractivity contribution in [3.05, 3.63) is 89.3 Å². The number of phenols is 1. The van der Waals surface area contributed by atoms with Gasteiger partial charge < -0.3 is 46.2 Å². The highest BCUT2D eigenvalue weighted by Gasteiger charge is 2.53. The lowest BCUT2D eigenvalue weighted by Gasteiger charge is -2.42. The number of carbonyl (C=O) groups excluding carboxylic acids is 3. The van der Waals surface area contributed by atoms with Gasteiger partial charge in [0.25, 0.3) is 5.91 Å². The van der Waals surface area contributed by atoms with Gasteiger partial charge in [-0.3, -0.25) is 14.4 Å². The number of hydrogen-bond donors (Lipinski definition) is 5. The zero-order valence-electron chi connectivity index (χ0n) is 43.1. The van der Waals surface area contributed by atoms with Crippen LogP contribution in [0, 0.1) is 12.8 Å². The van der Waals surface area contributed by atoms with Crippen LogP contribution in [0.3, 0.4) is 0 Å². The molecule has 5 aliphatic rings. The fraction of sp³-hybridized carbons (Fsp3) is 0.536. The first kappa shape index (κ1) is 52.1. The van der Waals surface area contributed by atoms with E-state index in [-0.39, 0.29) is 62.0 Å². The van der Waals surface area contributed by atoms with Crippen LogP contribution in [-0.4, -0.2) is 138 Å². The Morgan fingerprint density at radius 1 is 0.893 bits per heavy atom. The maximum Gasteiger partial charge on any atom is 0.258 e. The van der Waals surface area contributed by atoms with Crippen molar-refractivity contribution in [2.24, 2.45) is 5.92 Å². The third-order valence-electron chi connectivity index (χ3n) is 16.5. The summed E-state index contributed by atoms with van der Waals surface area (Å²) in [5.74, 6) is -0.466. The van der Waals surface area contributed by atoms with Gasteiger partial charge in [-0.2, -0.15) is 0 Å². The molecule has 19 heteroatoms. The molecule has 0 radical (unpaired) electrons. The summed E-state index contributed by atoms with van der Waals surface area (Å²) in [6.45, 7) is 4.70. The lowest BCUT2D eigenvalue weighted by Crippen LogP contribution is -2.58. The van der Waals surface area contributed by atoms with Gasteiger partial charge >= 0.3 is 0 Å². The molecule has 6 N–H and O–H groups in total. The van der Waals surface area contributed by atoms with E-state index in [2.05, 4.69) is 47.6 Å². The van der Waals surface area contributed by atoms with Gasteiger partial charge in [0.15, 0.2) is 11.5 Å². The number of aliphatic hydroxyl groups excluding tert-OH is 1. The molecule has 17 nitrogen and oxygen atoms in total. The van der Waals surface area contributed by atoms with Gasteiger partial charge in [-0.05, 0) is 132 Å². The SMILES string of the molecule is Cc1ncsc1-c1ccc(CNC(=O)[C@@H]2C[C@@H](O)CN2C(=O)C(NC(=O)C2(F)CC2)C2CCC(N(C)CCCCCCCc3cnc(N4C5CCC4CN(c4cc(-c6ccccc6O)nnc4N)C5)nc3)CC2)cc1. The lowest BCUT2D eigenvalue weighted by molar-refractivity contribution is -0.144. The van der Waals surface area contributed by atoms with Crippen LogP contribution in [0.25, 0.3) is 21.7 Å². The van der Waals surface area contributed by atoms with Gasteiger partial charge in [-0.1, -0.05) is 55.7 Å².